The van der Waals surface area contributed by atoms with Crippen LogP contribution in [0.4, 0.5) is 8.78 Å². The van der Waals surface area contributed by atoms with Crippen LogP contribution < -0.4 is 14.2 Å². The molecule has 2 aliphatic heterocycles. The number of alkyl halides is 2. The van der Waals surface area contributed by atoms with Gasteiger partial charge >= 0.3 is 6.61 Å². The summed E-state index contributed by atoms with van der Waals surface area (Å²) in [5.74, 6) is 1.07. The van der Waals surface area contributed by atoms with Crippen LogP contribution in [-0.2, 0) is 6.54 Å². The van der Waals surface area contributed by atoms with Crippen LogP contribution in [-0.4, -0.2) is 55.3 Å². The molecule has 0 N–H and O–H groups in total. The third-order valence-corrected chi connectivity index (χ3v) is 5.38. The van der Waals surface area contributed by atoms with Crippen molar-refractivity contribution in [2.24, 2.45) is 0 Å². The Bertz CT molecular complexity index is 904. The van der Waals surface area contributed by atoms with E-state index in [1.165, 1.54) is 12.1 Å². The van der Waals surface area contributed by atoms with E-state index in [4.69, 9.17) is 9.47 Å². The van der Waals surface area contributed by atoms with Crippen molar-refractivity contribution in [3.8, 4) is 17.2 Å². The van der Waals surface area contributed by atoms with Crippen molar-refractivity contribution in [2.45, 2.75) is 13.2 Å². The predicted octanol–water partition coefficient (Wildman–Crippen LogP) is 3.74. The molecule has 9 heteroatoms. The van der Waals surface area contributed by atoms with E-state index in [-0.39, 0.29) is 24.0 Å². The highest BCUT2D eigenvalue weighted by Crippen LogP contribution is 2.33. The van der Waals surface area contributed by atoms with Crippen molar-refractivity contribution < 1.29 is 27.8 Å². The third kappa shape index (κ3) is 4.62. The van der Waals surface area contributed by atoms with Gasteiger partial charge in [0.1, 0.15) is 5.75 Å². The number of benzene rings is 2. The number of hydrogen-bond acceptors (Lipinski definition) is 5. The van der Waals surface area contributed by atoms with Gasteiger partial charge < -0.3 is 19.1 Å². The molecule has 2 heterocycles. The highest BCUT2D eigenvalue weighted by molar-refractivity contribution is 9.10. The SMILES string of the molecule is O=C(c1cc(Br)ccc1OC(F)F)N1CCN(Cc2ccc3c(c2)OCO3)CC1. The molecule has 1 amide bonds. The standard InChI is InChI=1S/C20H19BrF2N2O4/c21-14-2-4-16(29-20(22)23)15(10-14)19(26)25-7-5-24(6-8-25)11-13-1-3-17-18(9-13)28-12-27-17/h1-4,9-10,20H,5-8,11-12H2. The second-order valence-electron chi connectivity index (χ2n) is 6.77. The number of carbonyl (C=O) groups is 1. The zero-order valence-electron chi connectivity index (χ0n) is 15.4. The predicted molar refractivity (Wildman–Crippen MR) is 105 cm³/mol. The van der Waals surface area contributed by atoms with E-state index in [9.17, 15) is 13.6 Å². The summed E-state index contributed by atoms with van der Waals surface area (Å²) in [5, 5.41) is 0. The van der Waals surface area contributed by atoms with E-state index >= 15 is 0 Å². The Morgan fingerprint density at radius 2 is 1.83 bits per heavy atom. The van der Waals surface area contributed by atoms with Crippen LogP contribution in [0.2, 0.25) is 0 Å². The first-order valence-electron chi connectivity index (χ1n) is 9.14. The van der Waals surface area contributed by atoms with Crippen LogP contribution in [0.15, 0.2) is 40.9 Å². The highest BCUT2D eigenvalue weighted by atomic mass is 79.9. The van der Waals surface area contributed by atoms with Gasteiger partial charge in [-0.2, -0.15) is 8.78 Å². The summed E-state index contributed by atoms with van der Waals surface area (Å²) in [6, 6.07) is 10.3. The van der Waals surface area contributed by atoms with Crippen LogP contribution in [0.3, 0.4) is 0 Å². The average molecular weight is 469 g/mol. The minimum atomic E-state index is -2.98. The van der Waals surface area contributed by atoms with E-state index in [1.807, 2.05) is 18.2 Å². The lowest BCUT2D eigenvalue weighted by molar-refractivity contribution is -0.0503. The normalized spacial score (nSPS) is 16.3. The van der Waals surface area contributed by atoms with Crippen molar-refractivity contribution in [1.29, 1.82) is 0 Å². The topological polar surface area (TPSA) is 51.2 Å². The fourth-order valence-corrected chi connectivity index (χ4v) is 3.81. The van der Waals surface area contributed by atoms with Crippen molar-refractivity contribution in [3.63, 3.8) is 0 Å². The summed E-state index contributed by atoms with van der Waals surface area (Å²) in [4.78, 5) is 16.8. The van der Waals surface area contributed by atoms with Crippen molar-refractivity contribution >= 4 is 21.8 Å². The van der Waals surface area contributed by atoms with E-state index in [1.54, 1.807) is 11.0 Å². The van der Waals surface area contributed by atoms with Gasteiger partial charge in [-0.1, -0.05) is 22.0 Å². The second-order valence-corrected chi connectivity index (χ2v) is 7.69. The highest BCUT2D eigenvalue weighted by Gasteiger charge is 2.26. The Morgan fingerprint density at radius 1 is 1.07 bits per heavy atom. The number of amides is 1. The van der Waals surface area contributed by atoms with Crippen LogP contribution in [0.1, 0.15) is 15.9 Å². The maximum atomic E-state index is 12.9. The molecule has 0 aliphatic carbocycles. The number of nitrogens with zero attached hydrogens (tertiary/aromatic N) is 2. The summed E-state index contributed by atoms with van der Waals surface area (Å²) >= 11 is 3.28. The quantitative estimate of drug-likeness (QED) is 0.668. The van der Waals surface area contributed by atoms with Gasteiger partial charge in [-0.25, -0.2) is 0 Å². The molecule has 0 radical (unpaired) electrons. The van der Waals surface area contributed by atoms with Crippen LogP contribution in [0, 0.1) is 0 Å². The molecular weight excluding hydrogens is 450 g/mol. The molecule has 6 nitrogen and oxygen atoms in total. The number of halogens is 3. The number of rotatable bonds is 5. The summed E-state index contributed by atoms with van der Waals surface area (Å²) in [5.41, 5.74) is 1.23. The zero-order chi connectivity index (χ0) is 20.4. The molecule has 29 heavy (non-hydrogen) atoms. The molecule has 1 fully saturated rings. The molecule has 2 aromatic carbocycles. The lowest BCUT2D eigenvalue weighted by Crippen LogP contribution is -2.48. The molecule has 0 unspecified atom stereocenters. The van der Waals surface area contributed by atoms with Gasteiger partial charge in [-0.15, -0.1) is 0 Å². The van der Waals surface area contributed by atoms with Gasteiger partial charge in [0.05, 0.1) is 5.56 Å². The first kappa shape index (κ1) is 19.9. The molecule has 0 saturated carbocycles. The van der Waals surface area contributed by atoms with Crippen LogP contribution >= 0.6 is 15.9 Å². The Hall–Kier alpha value is -2.39. The van der Waals surface area contributed by atoms with Gasteiger partial charge in [0.25, 0.3) is 5.91 Å². The van der Waals surface area contributed by atoms with Crippen molar-refractivity contribution in [1.82, 2.24) is 9.80 Å². The molecule has 154 valence electrons. The van der Waals surface area contributed by atoms with Gasteiger partial charge in [0.15, 0.2) is 11.5 Å². The number of piperazine rings is 1. The summed E-state index contributed by atoms with van der Waals surface area (Å²) < 4.78 is 41.2. The number of hydrogen-bond donors (Lipinski definition) is 0. The number of fused-ring (bicyclic) bond motifs is 1. The van der Waals surface area contributed by atoms with Crippen LogP contribution in [0.25, 0.3) is 0 Å². The molecule has 0 spiro atoms. The van der Waals surface area contributed by atoms with E-state index < -0.39 is 6.61 Å². The lowest BCUT2D eigenvalue weighted by Gasteiger charge is -2.35. The molecule has 2 aliphatic rings. The largest absolute Gasteiger partial charge is 0.454 e. The number of ether oxygens (including phenoxy) is 3. The third-order valence-electron chi connectivity index (χ3n) is 4.89. The van der Waals surface area contributed by atoms with E-state index in [0.29, 0.717) is 30.7 Å². The average Bonchev–Trinajstić information content (AvgIpc) is 3.17. The van der Waals surface area contributed by atoms with Gasteiger partial charge in [0, 0.05) is 37.2 Å². The lowest BCUT2D eigenvalue weighted by atomic mass is 10.1. The Labute approximate surface area is 175 Å². The van der Waals surface area contributed by atoms with Gasteiger partial charge in [0.2, 0.25) is 6.79 Å². The summed E-state index contributed by atoms with van der Waals surface area (Å²) in [7, 11) is 0. The molecule has 0 atom stereocenters. The fraction of sp³-hybridized carbons (Fsp3) is 0.350. The first-order valence-corrected chi connectivity index (χ1v) is 9.93. The zero-order valence-corrected chi connectivity index (χ0v) is 17.0. The maximum absolute atomic E-state index is 12.9. The first-order chi connectivity index (χ1) is 14.0. The Kier molecular flexibility index (Phi) is 5.86. The smallest absolute Gasteiger partial charge is 0.387 e. The molecular formula is C20H19BrF2N2O4. The monoisotopic (exact) mass is 468 g/mol. The van der Waals surface area contributed by atoms with Crippen molar-refractivity contribution in [2.75, 3.05) is 33.0 Å². The Morgan fingerprint density at radius 3 is 2.59 bits per heavy atom. The summed E-state index contributed by atoms with van der Waals surface area (Å²) in [6.07, 6.45) is 0. The summed E-state index contributed by atoms with van der Waals surface area (Å²) in [6.45, 7) is 0.357. The molecule has 0 bridgehead atoms. The van der Waals surface area contributed by atoms with Crippen LogP contribution in [0.5, 0.6) is 17.2 Å². The second kappa shape index (κ2) is 8.54. The van der Waals surface area contributed by atoms with E-state index in [2.05, 4.69) is 25.6 Å². The molecule has 4 rings (SSSR count). The van der Waals surface area contributed by atoms with Gasteiger partial charge in [-0.3, -0.25) is 9.69 Å². The molecule has 1 saturated heterocycles. The number of carbonyl (C=O) groups excluding carboxylic acids is 1. The minimum Gasteiger partial charge on any atom is -0.454 e. The Balaban J connectivity index is 1.38. The fourth-order valence-electron chi connectivity index (χ4n) is 3.45. The maximum Gasteiger partial charge on any atom is 0.387 e. The molecule has 0 aromatic heterocycles. The van der Waals surface area contributed by atoms with Gasteiger partial charge in [-0.05, 0) is 35.9 Å². The molecule has 2 aromatic rings. The minimum absolute atomic E-state index is 0.115. The van der Waals surface area contributed by atoms with E-state index in [0.717, 1.165) is 23.6 Å². The van der Waals surface area contributed by atoms with Crippen molar-refractivity contribution in [3.05, 3.63) is 52.0 Å².